The molecule has 1 aliphatic carbocycles. The molecule has 1 aromatic heterocycles. The van der Waals surface area contributed by atoms with Crippen LogP contribution in [0.3, 0.4) is 0 Å². The summed E-state index contributed by atoms with van der Waals surface area (Å²) >= 11 is 0. The van der Waals surface area contributed by atoms with Gasteiger partial charge in [-0.1, -0.05) is 6.07 Å². The molecule has 0 bridgehead atoms. The minimum absolute atomic E-state index is 0.717. The zero-order valence-electron chi connectivity index (χ0n) is 10.6. The SMILES string of the molecule is COc1ccc2c(c1)C[C@@H](Cc1ccncc1)C2. The van der Waals surface area contributed by atoms with Crippen LogP contribution in [0.2, 0.25) is 0 Å². The Morgan fingerprint density at radius 2 is 1.89 bits per heavy atom. The Bertz CT molecular complexity index is 536. The van der Waals surface area contributed by atoms with Gasteiger partial charge in [-0.05, 0) is 66.1 Å². The maximum Gasteiger partial charge on any atom is 0.119 e. The second kappa shape index (κ2) is 4.81. The zero-order valence-corrected chi connectivity index (χ0v) is 10.6. The van der Waals surface area contributed by atoms with Gasteiger partial charge in [-0.3, -0.25) is 4.98 Å². The first-order chi connectivity index (χ1) is 8.85. The molecule has 0 spiro atoms. The van der Waals surface area contributed by atoms with Crippen LogP contribution in [-0.4, -0.2) is 12.1 Å². The molecule has 0 radical (unpaired) electrons. The third-order valence-electron chi connectivity index (χ3n) is 3.70. The van der Waals surface area contributed by atoms with E-state index in [-0.39, 0.29) is 0 Å². The summed E-state index contributed by atoms with van der Waals surface area (Å²) in [6.45, 7) is 0. The molecule has 0 saturated heterocycles. The summed E-state index contributed by atoms with van der Waals surface area (Å²) < 4.78 is 5.28. The highest BCUT2D eigenvalue weighted by molar-refractivity contribution is 5.39. The number of pyridine rings is 1. The Hall–Kier alpha value is -1.83. The van der Waals surface area contributed by atoms with Crippen LogP contribution in [0.4, 0.5) is 0 Å². The van der Waals surface area contributed by atoms with E-state index in [9.17, 15) is 0 Å². The predicted octanol–water partition coefficient (Wildman–Crippen LogP) is 3.05. The van der Waals surface area contributed by atoms with Gasteiger partial charge in [0.1, 0.15) is 5.75 Å². The molecular weight excluding hydrogens is 222 g/mol. The first kappa shape index (κ1) is 11.3. The Labute approximate surface area is 108 Å². The molecule has 0 saturated carbocycles. The van der Waals surface area contributed by atoms with E-state index in [0.29, 0.717) is 0 Å². The summed E-state index contributed by atoms with van der Waals surface area (Å²) in [6, 6.07) is 10.7. The van der Waals surface area contributed by atoms with Crippen LogP contribution in [0.1, 0.15) is 16.7 Å². The number of ether oxygens (including phenoxy) is 1. The van der Waals surface area contributed by atoms with Gasteiger partial charge in [0, 0.05) is 12.4 Å². The molecule has 2 nitrogen and oxygen atoms in total. The summed E-state index contributed by atoms with van der Waals surface area (Å²) in [5.74, 6) is 1.69. The van der Waals surface area contributed by atoms with Gasteiger partial charge in [-0.2, -0.15) is 0 Å². The lowest BCUT2D eigenvalue weighted by atomic mass is 9.97. The van der Waals surface area contributed by atoms with Crippen LogP contribution in [0.25, 0.3) is 0 Å². The number of fused-ring (bicyclic) bond motifs is 1. The summed E-state index contributed by atoms with van der Waals surface area (Å²) in [5, 5.41) is 0. The van der Waals surface area contributed by atoms with Crippen molar-refractivity contribution in [2.45, 2.75) is 19.3 Å². The fourth-order valence-electron chi connectivity index (χ4n) is 2.81. The van der Waals surface area contributed by atoms with Gasteiger partial charge in [0.25, 0.3) is 0 Å². The smallest absolute Gasteiger partial charge is 0.119 e. The number of benzene rings is 1. The van der Waals surface area contributed by atoms with Crippen LogP contribution in [0.15, 0.2) is 42.7 Å². The van der Waals surface area contributed by atoms with E-state index in [2.05, 4.69) is 35.3 Å². The molecule has 0 unspecified atom stereocenters. The minimum atomic E-state index is 0.717. The number of hydrogen-bond acceptors (Lipinski definition) is 2. The molecule has 1 aromatic carbocycles. The van der Waals surface area contributed by atoms with E-state index in [0.717, 1.165) is 24.5 Å². The quantitative estimate of drug-likeness (QED) is 0.821. The van der Waals surface area contributed by atoms with E-state index >= 15 is 0 Å². The van der Waals surface area contributed by atoms with Gasteiger partial charge in [-0.25, -0.2) is 0 Å². The molecule has 3 rings (SSSR count). The largest absolute Gasteiger partial charge is 0.497 e. The van der Waals surface area contributed by atoms with Crippen LogP contribution in [0, 0.1) is 5.92 Å². The Morgan fingerprint density at radius 3 is 2.67 bits per heavy atom. The predicted molar refractivity (Wildman–Crippen MR) is 71.8 cm³/mol. The fraction of sp³-hybridized carbons (Fsp3) is 0.312. The summed E-state index contributed by atoms with van der Waals surface area (Å²) in [7, 11) is 1.73. The van der Waals surface area contributed by atoms with E-state index in [1.165, 1.54) is 23.1 Å². The molecule has 0 amide bonds. The summed E-state index contributed by atoms with van der Waals surface area (Å²) in [5.41, 5.74) is 4.32. The molecule has 0 aliphatic heterocycles. The van der Waals surface area contributed by atoms with Crippen molar-refractivity contribution in [1.29, 1.82) is 0 Å². The first-order valence-corrected chi connectivity index (χ1v) is 6.40. The van der Waals surface area contributed by atoms with E-state index in [1.807, 2.05) is 12.4 Å². The topological polar surface area (TPSA) is 22.1 Å². The lowest BCUT2D eigenvalue weighted by Crippen LogP contribution is -2.03. The van der Waals surface area contributed by atoms with Crippen molar-refractivity contribution in [3.8, 4) is 5.75 Å². The fourth-order valence-corrected chi connectivity index (χ4v) is 2.81. The number of nitrogens with zero attached hydrogens (tertiary/aromatic N) is 1. The molecule has 2 aromatic rings. The number of methoxy groups -OCH3 is 1. The number of aromatic nitrogens is 1. The van der Waals surface area contributed by atoms with Crippen molar-refractivity contribution >= 4 is 0 Å². The molecule has 1 aliphatic rings. The van der Waals surface area contributed by atoms with Crippen LogP contribution < -0.4 is 4.74 Å². The maximum atomic E-state index is 5.28. The Kier molecular flexibility index (Phi) is 3.01. The Balaban J connectivity index is 1.73. The second-order valence-corrected chi connectivity index (χ2v) is 4.97. The second-order valence-electron chi connectivity index (χ2n) is 4.97. The van der Waals surface area contributed by atoms with Crippen molar-refractivity contribution in [1.82, 2.24) is 4.98 Å². The molecule has 0 N–H and O–H groups in total. The zero-order chi connectivity index (χ0) is 12.4. The first-order valence-electron chi connectivity index (χ1n) is 6.40. The van der Waals surface area contributed by atoms with Gasteiger partial charge in [0.05, 0.1) is 7.11 Å². The number of rotatable bonds is 3. The molecule has 1 atom stereocenters. The third-order valence-corrected chi connectivity index (χ3v) is 3.70. The standard InChI is InChI=1S/C16H17NO/c1-18-16-3-2-14-9-13(10-15(14)11-16)8-12-4-6-17-7-5-12/h2-7,11,13H,8-10H2,1H3/t13-/m0/s1. The van der Waals surface area contributed by atoms with Gasteiger partial charge >= 0.3 is 0 Å². The average Bonchev–Trinajstić information content (AvgIpc) is 2.80. The van der Waals surface area contributed by atoms with Crippen LogP contribution >= 0.6 is 0 Å². The molecule has 2 heteroatoms. The maximum absolute atomic E-state index is 5.28. The molecule has 18 heavy (non-hydrogen) atoms. The third kappa shape index (κ3) is 2.23. The average molecular weight is 239 g/mol. The van der Waals surface area contributed by atoms with Crippen molar-refractivity contribution in [2.24, 2.45) is 5.92 Å². The highest BCUT2D eigenvalue weighted by Crippen LogP contribution is 2.31. The van der Waals surface area contributed by atoms with E-state index in [1.54, 1.807) is 7.11 Å². The highest BCUT2D eigenvalue weighted by atomic mass is 16.5. The van der Waals surface area contributed by atoms with Crippen molar-refractivity contribution < 1.29 is 4.74 Å². The van der Waals surface area contributed by atoms with Crippen molar-refractivity contribution in [3.05, 3.63) is 59.4 Å². The minimum Gasteiger partial charge on any atom is -0.497 e. The molecule has 1 heterocycles. The monoisotopic (exact) mass is 239 g/mol. The lowest BCUT2D eigenvalue weighted by molar-refractivity contribution is 0.414. The van der Waals surface area contributed by atoms with Gasteiger partial charge in [-0.15, -0.1) is 0 Å². The van der Waals surface area contributed by atoms with Crippen LogP contribution in [0.5, 0.6) is 5.75 Å². The molecule has 0 fully saturated rings. The molecular formula is C16H17NO. The Morgan fingerprint density at radius 1 is 1.11 bits per heavy atom. The highest BCUT2D eigenvalue weighted by Gasteiger charge is 2.21. The van der Waals surface area contributed by atoms with Crippen molar-refractivity contribution in [3.63, 3.8) is 0 Å². The summed E-state index contributed by atoms with van der Waals surface area (Å²) in [4.78, 5) is 4.07. The van der Waals surface area contributed by atoms with E-state index in [4.69, 9.17) is 4.74 Å². The van der Waals surface area contributed by atoms with E-state index < -0.39 is 0 Å². The van der Waals surface area contributed by atoms with Crippen LogP contribution in [-0.2, 0) is 19.3 Å². The van der Waals surface area contributed by atoms with Gasteiger partial charge in [0.2, 0.25) is 0 Å². The van der Waals surface area contributed by atoms with Gasteiger partial charge in [0.15, 0.2) is 0 Å². The molecule has 92 valence electrons. The van der Waals surface area contributed by atoms with Gasteiger partial charge < -0.3 is 4.74 Å². The number of hydrogen-bond donors (Lipinski definition) is 0. The summed E-state index contributed by atoms with van der Waals surface area (Å²) in [6.07, 6.45) is 7.23. The normalized spacial score (nSPS) is 17.5. The lowest BCUT2D eigenvalue weighted by Gasteiger charge is -2.08. The van der Waals surface area contributed by atoms with Crippen molar-refractivity contribution in [2.75, 3.05) is 7.11 Å².